The first-order valence-electron chi connectivity index (χ1n) is 9.59. The molecule has 138 valence electrons. The number of carbonyl (C=O) groups excluding carboxylic acids is 1. The lowest BCUT2D eigenvalue weighted by Gasteiger charge is -2.37. The van der Waals surface area contributed by atoms with E-state index < -0.39 is 0 Å². The molecule has 3 rings (SSSR count). The number of aryl methyl sites for hydroxylation is 2. The second kappa shape index (κ2) is 8.75. The number of anilines is 1. The van der Waals surface area contributed by atoms with Gasteiger partial charge in [-0.2, -0.15) is 0 Å². The van der Waals surface area contributed by atoms with Crippen molar-refractivity contribution in [2.75, 3.05) is 37.6 Å². The quantitative estimate of drug-likeness (QED) is 0.893. The maximum Gasteiger partial charge on any atom is 0.317 e. The van der Waals surface area contributed by atoms with Crippen LogP contribution >= 0.6 is 0 Å². The highest BCUT2D eigenvalue weighted by Gasteiger charge is 2.23. The molecule has 1 N–H and O–H groups in total. The van der Waals surface area contributed by atoms with Crippen molar-refractivity contribution in [2.24, 2.45) is 0 Å². The number of nitrogens with zero attached hydrogens (tertiary/aromatic N) is 2. The second-order valence-electron chi connectivity index (χ2n) is 6.88. The van der Waals surface area contributed by atoms with Gasteiger partial charge in [0.1, 0.15) is 0 Å². The van der Waals surface area contributed by atoms with Gasteiger partial charge in [0.15, 0.2) is 0 Å². The predicted octanol–water partition coefficient (Wildman–Crippen LogP) is 3.63. The van der Waals surface area contributed by atoms with Gasteiger partial charge in [0.2, 0.25) is 0 Å². The number of piperazine rings is 1. The van der Waals surface area contributed by atoms with Crippen LogP contribution in [-0.4, -0.2) is 43.7 Å². The predicted molar refractivity (Wildman–Crippen MR) is 108 cm³/mol. The molecule has 26 heavy (non-hydrogen) atoms. The van der Waals surface area contributed by atoms with Crippen molar-refractivity contribution < 1.29 is 4.79 Å². The third-order valence-electron chi connectivity index (χ3n) is 5.12. The zero-order valence-electron chi connectivity index (χ0n) is 15.9. The Labute approximate surface area is 156 Å². The lowest BCUT2D eigenvalue weighted by molar-refractivity contribution is 0.194. The highest BCUT2D eigenvalue weighted by Crippen LogP contribution is 2.26. The van der Waals surface area contributed by atoms with Gasteiger partial charge in [0.05, 0.1) is 0 Å². The van der Waals surface area contributed by atoms with Crippen molar-refractivity contribution in [1.29, 1.82) is 0 Å². The first kappa shape index (κ1) is 18.3. The molecule has 4 nitrogen and oxygen atoms in total. The Balaban J connectivity index is 1.50. The highest BCUT2D eigenvalue weighted by molar-refractivity contribution is 5.74. The molecule has 1 saturated heterocycles. The van der Waals surface area contributed by atoms with Gasteiger partial charge in [0.25, 0.3) is 0 Å². The van der Waals surface area contributed by atoms with Gasteiger partial charge in [-0.25, -0.2) is 4.79 Å². The van der Waals surface area contributed by atoms with Crippen LogP contribution in [0.4, 0.5) is 10.5 Å². The minimum atomic E-state index is 0.0566. The summed E-state index contributed by atoms with van der Waals surface area (Å²) in [6, 6.07) is 16.9. The van der Waals surface area contributed by atoms with E-state index in [-0.39, 0.29) is 6.03 Å². The maximum atomic E-state index is 12.4. The first-order valence-corrected chi connectivity index (χ1v) is 9.59. The van der Waals surface area contributed by atoms with Crippen LogP contribution in [-0.2, 0) is 12.8 Å². The van der Waals surface area contributed by atoms with E-state index in [1.54, 1.807) is 0 Å². The minimum Gasteiger partial charge on any atom is -0.368 e. The fraction of sp³-hybridized carbons (Fsp3) is 0.409. The number of hydrogen-bond donors (Lipinski definition) is 1. The molecule has 1 fully saturated rings. The minimum absolute atomic E-state index is 0.0566. The summed E-state index contributed by atoms with van der Waals surface area (Å²) in [7, 11) is 0. The smallest absolute Gasteiger partial charge is 0.317 e. The Morgan fingerprint density at radius 2 is 1.73 bits per heavy atom. The molecule has 2 amide bonds. The molecular weight excluding hydrogens is 322 g/mol. The monoisotopic (exact) mass is 351 g/mol. The molecule has 0 aliphatic carbocycles. The topological polar surface area (TPSA) is 35.6 Å². The summed E-state index contributed by atoms with van der Waals surface area (Å²) < 4.78 is 0. The zero-order chi connectivity index (χ0) is 18.4. The van der Waals surface area contributed by atoms with Crippen LogP contribution in [0.2, 0.25) is 0 Å². The Hall–Kier alpha value is -2.49. The molecule has 0 radical (unpaired) electrons. The number of hydrogen-bond acceptors (Lipinski definition) is 2. The number of amides is 2. The van der Waals surface area contributed by atoms with E-state index in [9.17, 15) is 4.79 Å². The molecule has 0 unspecified atom stereocenters. The van der Waals surface area contributed by atoms with Gasteiger partial charge < -0.3 is 15.1 Å². The lowest BCUT2D eigenvalue weighted by atomic mass is 10.0. The number of rotatable bonds is 5. The van der Waals surface area contributed by atoms with Gasteiger partial charge in [-0.15, -0.1) is 0 Å². The summed E-state index contributed by atoms with van der Waals surface area (Å²) >= 11 is 0. The van der Waals surface area contributed by atoms with E-state index in [4.69, 9.17) is 0 Å². The maximum absolute atomic E-state index is 12.4. The number of carbonyl (C=O) groups is 1. The lowest BCUT2D eigenvalue weighted by Crippen LogP contribution is -2.52. The number of nitrogens with one attached hydrogen (secondary N) is 1. The molecule has 1 aliphatic heterocycles. The summed E-state index contributed by atoms with van der Waals surface area (Å²) in [4.78, 5) is 16.8. The second-order valence-corrected chi connectivity index (χ2v) is 6.88. The van der Waals surface area contributed by atoms with Crippen LogP contribution in [0.25, 0.3) is 0 Å². The number of para-hydroxylation sites is 1. The fourth-order valence-electron chi connectivity index (χ4n) is 3.66. The van der Waals surface area contributed by atoms with Crippen molar-refractivity contribution in [2.45, 2.75) is 26.7 Å². The Bertz CT molecular complexity index is 721. The molecule has 0 bridgehead atoms. The molecule has 4 heteroatoms. The summed E-state index contributed by atoms with van der Waals surface area (Å²) in [6.07, 6.45) is 1.91. The van der Waals surface area contributed by atoms with E-state index in [0.717, 1.165) is 39.0 Å². The Kier molecular flexibility index (Phi) is 6.16. The van der Waals surface area contributed by atoms with Crippen LogP contribution in [0.1, 0.15) is 23.6 Å². The van der Waals surface area contributed by atoms with E-state index in [2.05, 4.69) is 54.4 Å². The average molecular weight is 351 g/mol. The van der Waals surface area contributed by atoms with E-state index in [1.165, 1.54) is 22.4 Å². The Morgan fingerprint density at radius 3 is 2.42 bits per heavy atom. The summed E-state index contributed by atoms with van der Waals surface area (Å²) in [5.74, 6) is 0. The van der Waals surface area contributed by atoms with Crippen LogP contribution in [0, 0.1) is 6.92 Å². The zero-order valence-corrected chi connectivity index (χ0v) is 15.9. The molecule has 0 atom stereocenters. The fourth-order valence-corrected chi connectivity index (χ4v) is 3.66. The van der Waals surface area contributed by atoms with E-state index in [1.807, 2.05) is 23.1 Å². The summed E-state index contributed by atoms with van der Waals surface area (Å²) in [6.45, 7) is 8.39. The Morgan fingerprint density at radius 1 is 1.00 bits per heavy atom. The number of benzene rings is 2. The molecule has 2 aromatic carbocycles. The van der Waals surface area contributed by atoms with E-state index >= 15 is 0 Å². The largest absolute Gasteiger partial charge is 0.368 e. The van der Waals surface area contributed by atoms with Crippen molar-refractivity contribution in [1.82, 2.24) is 10.2 Å². The van der Waals surface area contributed by atoms with Gasteiger partial charge in [-0.05, 0) is 36.5 Å². The molecule has 1 heterocycles. The normalized spacial score (nSPS) is 14.4. The van der Waals surface area contributed by atoms with Crippen molar-refractivity contribution >= 4 is 11.7 Å². The molecule has 0 saturated carbocycles. The molecule has 0 spiro atoms. The average Bonchev–Trinajstić information content (AvgIpc) is 2.68. The standard InChI is InChI=1S/C22H29N3O/c1-3-20-11-7-8-18(2)21(20)24-14-16-25(17-15-24)22(26)23-13-12-19-9-5-4-6-10-19/h4-11H,3,12-17H2,1-2H3,(H,23,26). The van der Waals surface area contributed by atoms with E-state index in [0.29, 0.717) is 6.54 Å². The van der Waals surface area contributed by atoms with Crippen LogP contribution in [0.3, 0.4) is 0 Å². The highest BCUT2D eigenvalue weighted by atomic mass is 16.2. The van der Waals surface area contributed by atoms with Gasteiger partial charge in [-0.1, -0.05) is 55.5 Å². The molecule has 1 aliphatic rings. The van der Waals surface area contributed by atoms with Gasteiger partial charge >= 0.3 is 6.03 Å². The molecule has 2 aromatic rings. The van der Waals surface area contributed by atoms with Crippen molar-refractivity contribution in [3.8, 4) is 0 Å². The molecular formula is C22H29N3O. The first-order chi connectivity index (χ1) is 12.7. The third kappa shape index (κ3) is 4.37. The summed E-state index contributed by atoms with van der Waals surface area (Å²) in [5, 5.41) is 3.06. The third-order valence-corrected chi connectivity index (χ3v) is 5.12. The van der Waals surface area contributed by atoms with Crippen molar-refractivity contribution in [3.63, 3.8) is 0 Å². The van der Waals surface area contributed by atoms with Gasteiger partial charge in [0, 0.05) is 38.4 Å². The summed E-state index contributed by atoms with van der Waals surface area (Å²) in [5.41, 5.74) is 5.33. The van der Waals surface area contributed by atoms with Gasteiger partial charge in [-0.3, -0.25) is 0 Å². The SMILES string of the molecule is CCc1cccc(C)c1N1CCN(C(=O)NCCc2ccccc2)CC1. The van der Waals surface area contributed by atoms with Crippen molar-refractivity contribution in [3.05, 3.63) is 65.2 Å². The van der Waals surface area contributed by atoms with Crippen LogP contribution in [0.5, 0.6) is 0 Å². The number of urea groups is 1. The van der Waals surface area contributed by atoms with Crippen LogP contribution in [0.15, 0.2) is 48.5 Å². The van der Waals surface area contributed by atoms with Crippen LogP contribution < -0.4 is 10.2 Å². The molecule has 0 aromatic heterocycles.